The summed E-state index contributed by atoms with van der Waals surface area (Å²) < 4.78 is 10.9. The smallest absolute Gasteiger partial charge is 0.317 e. The molecule has 0 spiro atoms. The van der Waals surface area contributed by atoms with Crippen molar-refractivity contribution in [2.75, 3.05) is 20.2 Å². The third-order valence-electron chi connectivity index (χ3n) is 4.30. The number of amides is 2. The molecule has 0 unspecified atom stereocenters. The van der Waals surface area contributed by atoms with E-state index < -0.39 is 0 Å². The van der Waals surface area contributed by atoms with E-state index in [0.29, 0.717) is 6.54 Å². The lowest BCUT2D eigenvalue weighted by atomic mass is 10.1. The first-order valence-corrected chi connectivity index (χ1v) is 7.94. The van der Waals surface area contributed by atoms with Gasteiger partial charge in [-0.05, 0) is 42.7 Å². The SMILES string of the molecule is C[C@H](c1ccco1)N(C)C(=O)NCCc1ccc2c(c1)CCO2. The third kappa shape index (κ3) is 3.50. The van der Waals surface area contributed by atoms with Crippen molar-refractivity contribution in [3.63, 3.8) is 0 Å². The number of furan rings is 1. The van der Waals surface area contributed by atoms with Crippen molar-refractivity contribution in [3.05, 3.63) is 53.5 Å². The lowest BCUT2D eigenvalue weighted by Gasteiger charge is -2.23. The van der Waals surface area contributed by atoms with Crippen molar-refractivity contribution >= 4 is 6.03 Å². The van der Waals surface area contributed by atoms with Gasteiger partial charge in [-0.1, -0.05) is 12.1 Å². The Morgan fingerprint density at radius 1 is 1.39 bits per heavy atom. The fourth-order valence-corrected chi connectivity index (χ4v) is 2.73. The minimum absolute atomic E-state index is 0.0952. The zero-order valence-electron chi connectivity index (χ0n) is 13.5. The van der Waals surface area contributed by atoms with Crippen LogP contribution in [-0.4, -0.2) is 31.1 Å². The van der Waals surface area contributed by atoms with E-state index in [-0.39, 0.29) is 12.1 Å². The molecule has 3 rings (SSSR count). The highest BCUT2D eigenvalue weighted by Crippen LogP contribution is 2.26. The number of fused-ring (bicyclic) bond motifs is 1. The number of hydrogen-bond donors (Lipinski definition) is 1. The predicted octanol–water partition coefficient (Wildman–Crippen LogP) is 3.16. The van der Waals surface area contributed by atoms with Gasteiger partial charge in [0, 0.05) is 20.0 Å². The molecule has 1 atom stereocenters. The number of benzene rings is 1. The largest absolute Gasteiger partial charge is 0.493 e. The highest BCUT2D eigenvalue weighted by molar-refractivity contribution is 5.74. The first-order valence-electron chi connectivity index (χ1n) is 7.94. The summed E-state index contributed by atoms with van der Waals surface area (Å²) in [6.45, 7) is 3.32. The molecule has 2 amide bonds. The molecule has 0 saturated heterocycles. The van der Waals surface area contributed by atoms with E-state index in [1.807, 2.05) is 25.1 Å². The molecule has 1 aliphatic heterocycles. The van der Waals surface area contributed by atoms with Crippen molar-refractivity contribution in [3.8, 4) is 5.75 Å². The molecule has 0 fully saturated rings. The van der Waals surface area contributed by atoms with Crippen LogP contribution in [0.4, 0.5) is 4.79 Å². The molecule has 0 radical (unpaired) electrons. The molecule has 2 aromatic rings. The number of ether oxygens (including phenoxy) is 1. The second-order valence-corrected chi connectivity index (χ2v) is 5.82. The molecule has 0 aliphatic carbocycles. The number of urea groups is 1. The van der Waals surface area contributed by atoms with Gasteiger partial charge in [0.15, 0.2) is 0 Å². The molecular weight excluding hydrogens is 292 g/mol. The van der Waals surface area contributed by atoms with E-state index in [2.05, 4.69) is 17.4 Å². The molecule has 0 bridgehead atoms. The predicted molar refractivity (Wildman–Crippen MR) is 87.6 cm³/mol. The molecule has 23 heavy (non-hydrogen) atoms. The van der Waals surface area contributed by atoms with Crippen LogP contribution >= 0.6 is 0 Å². The van der Waals surface area contributed by atoms with E-state index in [1.165, 1.54) is 11.1 Å². The average Bonchev–Trinajstić information content (AvgIpc) is 3.24. The van der Waals surface area contributed by atoms with Gasteiger partial charge in [0.25, 0.3) is 0 Å². The summed E-state index contributed by atoms with van der Waals surface area (Å²) in [5.41, 5.74) is 2.48. The molecule has 1 N–H and O–H groups in total. The van der Waals surface area contributed by atoms with Crippen LogP contribution in [0, 0.1) is 0 Å². The number of carbonyl (C=O) groups excluding carboxylic acids is 1. The molecule has 2 heterocycles. The van der Waals surface area contributed by atoms with Crippen molar-refractivity contribution in [1.29, 1.82) is 0 Å². The second-order valence-electron chi connectivity index (χ2n) is 5.82. The second kappa shape index (κ2) is 6.77. The van der Waals surface area contributed by atoms with Gasteiger partial charge >= 0.3 is 6.03 Å². The van der Waals surface area contributed by atoms with Crippen LogP contribution in [0.25, 0.3) is 0 Å². The maximum Gasteiger partial charge on any atom is 0.317 e. The highest BCUT2D eigenvalue weighted by Gasteiger charge is 2.19. The Balaban J connectivity index is 1.49. The fourth-order valence-electron chi connectivity index (χ4n) is 2.73. The van der Waals surface area contributed by atoms with Crippen LogP contribution in [0.2, 0.25) is 0 Å². The topological polar surface area (TPSA) is 54.7 Å². The molecular formula is C18H22N2O3. The number of hydrogen-bond acceptors (Lipinski definition) is 3. The minimum atomic E-state index is -0.0987. The Bertz CT molecular complexity index is 667. The first kappa shape index (κ1) is 15.5. The van der Waals surface area contributed by atoms with Gasteiger partial charge in [-0.3, -0.25) is 0 Å². The lowest BCUT2D eigenvalue weighted by molar-refractivity contribution is 0.187. The standard InChI is InChI=1S/C18H22N2O3/c1-13(16-4-3-10-22-16)20(2)18(21)19-9-7-14-5-6-17-15(12-14)8-11-23-17/h3-6,10,12-13H,7-9,11H2,1-2H3,(H,19,21)/t13-/m1/s1. The van der Waals surface area contributed by atoms with Gasteiger partial charge in [-0.15, -0.1) is 0 Å². The monoisotopic (exact) mass is 314 g/mol. The van der Waals surface area contributed by atoms with Crippen LogP contribution in [0.1, 0.15) is 29.9 Å². The van der Waals surface area contributed by atoms with Gasteiger partial charge in [0.05, 0.1) is 18.9 Å². The first-order chi connectivity index (χ1) is 11.1. The maximum absolute atomic E-state index is 12.2. The van der Waals surface area contributed by atoms with E-state index >= 15 is 0 Å². The summed E-state index contributed by atoms with van der Waals surface area (Å²) >= 11 is 0. The maximum atomic E-state index is 12.2. The molecule has 1 aromatic heterocycles. The summed E-state index contributed by atoms with van der Waals surface area (Å²) in [6, 6.07) is 9.76. The number of nitrogens with zero attached hydrogens (tertiary/aromatic N) is 1. The van der Waals surface area contributed by atoms with E-state index in [0.717, 1.165) is 31.0 Å². The van der Waals surface area contributed by atoms with E-state index in [4.69, 9.17) is 9.15 Å². The third-order valence-corrected chi connectivity index (χ3v) is 4.30. The lowest BCUT2D eigenvalue weighted by Crippen LogP contribution is -2.39. The number of rotatable bonds is 5. The van der Waals surface area contributed by atoms with Crippen LogP contribution in [-0.2, 0) is 12.8 Å². The molecule has 1 aromatic carbocycles. The molecule has 5 nitrogen and oxygen atoms in total. The molecule has 5 heteroatoms. The highest BCUT2D eigenvalue weighted by atomic mass is 16.5. The van der Waals surface area contributed by atoms with Crippen molar-refractivity contribution in [2.45, 2.75) is 25.8 Å². The Kier molecular flexibility index (Phi) is 4.55. The molecule has 0 saturated carbocycles. The Labute approximate surface area is 136 Å². The van der Waals surface area contributed by atoms with Gasteiger partial charge in [-0.25, -0.2) is 4.79 Å². The van der Waals surface area contributed by atoms with Crippen LogP contribution < -0.4 is 10.1 Å². The average molecular weight is 314 g/mol. The van der Waals surface area contributed by atoms with Crippen LogP contribution in [0.5, 0.6) is 5.75 Å². The number of carbonyl (C=O) groups is 1. The summed E-state index contributed by atoms with van der Waals surface area (Å²) in [4.78, 5) is 13.9. The van der Waals surface area contributed by atoms with Gasteiger partial charge in [-0.2, -0.15) is 0 Å². The normalized spacial score (nSPS) is 14.0. The van der Waals surface area contributed by atoms with Gasteiger partial charge in [0.2, 0.25) is 0 Å². The van der Waals surface area contributed by atoms with Gasteiger partial charge in [0.1, 0.15) is 11.5 Å². The van der Waals surface area contributed by atoms with Crippen LogP contribution in [0.3, 0.4) is 0 Å². The van der Waals surface area contributed by atoms with Gasteiger partial charge < -0.3 is 19.4 Å². The van der Waals surface area contributed by atoms with Crippen molar-refractivity contribution in [2.24, 2.45) is 0 Å². The summed E-state index contributed by atoms with van der Waals surface area (Å²) in [7, 11) is 1.77. The van der Waals surface area contributed by atoms with Crippen molar-refractivity contribution in [1.82, 2.24) is 10.2 Å². The quantitative estimate of drug-likeness (QED) is 0.922. The zero-order chi connectivity index (χ0) is 16.2. The minimum Gasteiger partial charge on any atom is -0.493 e. The Hall–Kier alpha value is -2.43. The summed E-state index contributed by atoms with van der Waals surface area (Å²) in [6.07, 6.45) is 3.40. The fraction of sp³-hybridized carbons (Fsp3) is 0.389. The molecule has 1 aliphatic rings. The Morgan fingerprint density at radius 3 is 3.04 bits per heavy atom. The number of nitrogens with one attached hydrogen (secondary N) is 1. The van der Waals surface area contributed by atoms with E-state index in [1.54, 1.807) is 18.2 Å². The summed E-state index contributed by atoms with van der Waals surface area (Å²) in [5.74, 6) is 1.77. The van der Waals surface area contributed by atoms with Crippen molar-refractivity contribution < 1.29 is 13.9 Å². The van der Waals surface area contributed by atoms with E-state index in [9.17, 15) is 4.79 Å². The molecule has 122 valence electrons. The Morgan fingerprint density at radius 2 is 2.26 bits per heavy atom. The van der Waals surface area contributed by atoms with Crippen LogP contribution in [0.15, 0.2) is 41.0 Å². The summed E-state index contributed by atoms with van der Waals surface area (Å²) in [5, 5.41) is 2.96. The zero-order valence-corrected chi connectivity index (χ0v) is 13.5.